The molecule has 5 heteroatoms. The van der Waals surface area contributed by atoms with Gasteiger partial charge in [0.25, 0.3) is 0 Å². The van der Waals surface area contributed by atoms with Gasteiger partial charge in [-0.3, -0.25) is 0 Å². The molecule has 0 aliphatic rings. The van der Waals surface area contributed by atoms with E-state index in [9.17, 15) is 0 Å². The molecule has 0 aliphatic heterocycles. The number of benzene rings is 2. The smallest absolute Gasteiger partial charge is 0.138 e. The Bertz CT molecular complexity index is 645. The number of methoxy groups -OCH3 is 1. The Morgan fingerprint density at radius 3 is 2.27 bits per heavy atom. The van der Waals surface area contributed by atoms with E-state index in [1.165, 1.54) is 0 Å². The van der Waals surface area contributed by atoms with Gasteiger partial charge in [0.05, 0.1) is 23.3 Å². The van der Waals surface area contributed by atoms with Crippen LogP contribution in [0.3, 0.4) is 0 Å². The molecule has 0 unspecified atom stereocenters. The molecule has 1 N–H and O–H groups in total. The lowest BCUT2D eigenvalue weighted by atomic mass is 10.2. The van der Waals surface area contributed by atoms with E-state index in [0.717, 1.165) is 11.3 Å². The fourth-order valence-electron chi connectivity index (χ4n) is 1.98. The van der Waals surface area contributed by atoms with Crippen LogP contribution in [0.4, 0.5) is 5.69 Å². The summed E-state index contributed by atoms with van der Waals surface area (Å²) >= 11 is 12.3. The number of hydrogen-bond acceptors (Lipinski definition) is 3. The van der Waals surface area contributed by atoms with Gasteiger partial charge in [0.1, 0.15) is 11.5 Å². The summed E-state index contributed by atoms with van der Waals surface area (Å²) in [6.07, 6.45) is 0.0999. The van der Waals surface area contributed by atoms with Crippen LogP contribution in [0.1, 0.15) is 19.4 Å². The quantitative estimate of drug-likeness (QED) is 0.764. The molecule has 0 aromatic heterocycles. The summed E-state index contributed by atoms with van der Waals surface area (Å²) in [7, 11) is 1.59. The Kier molecular flexibility index (Phi) is 5.81. The van der Waals surface area contributed by atoms with Gasteiger partial charge in [0.2, 0.25) is 0 Å². The van der Waals surface area contributed by atoms with Crippen molar-refractivity contribution < 1.29 is 9.47 Å². The number of halogens is 2. The number of anilines is 1. The fraction of sp³-hybridized carbons (Fsp3) is 0.294. The van der Waals surface area contributed by atoms with Gasteiger partial charge in [-0.15, -0.1) is 0 Å². The van der Waals surface area contributed by atoms with Crippen molar-refractivity contribution >= 4 is 28.9 Å². The molecule has 2 rings (SSSR count). The zero-order chi connectivity index (χ0) is 16.1. The Morgan fingerprint density at radius 2 is 1.68 bits per heavy atom. The highest BCUT2D eigenvalue weighted by Crippen LogP contribution is 2.29. The highest BCUT2D eigenvalue weighted by atomic mass is 35.5. The summed E-state index contributed by atoms with van der Waals surface area (Å²) in [6.45, 7) is 4.59. The van der Waals surface area contributed by atoms with E-state index < -0.39 is 0 Å². The molecule has 0 atom stereocenters. The van der Waals surface area contributed by atoms with Crippen LogP contribution in [0.15, 0.2) is 36.4 Å². The summed E-state index contributed by atoms with van der Waals surface area (Å²) in [5, 5.41) is 4.49. The lowest BCUT2D eigenvalue weighted by Gasteiger charge is -2.13. The van der Waals surface area contributed by atoms with Crippen molar-refractivity contribution in [3.63, 3.8) is 0 Å². The summed E-state index contributed by atoms with van der Waals surface area (Å²) < 4.78 is 10.8. The lowest BCUT2D eigenvalue weighted by Crippen LogP contribution is -2.06. The van der Waals surface area contributed by atoms with Crippen LogP contribution in [0.5, 0.6) is 11.5 Å². The maximum Gasteiger partial charge on any atom is 0.138 e. The second-order valence-electron chi connectivity index (χ2n) is 5.13. The van der Waals surface area contributed by atoms with Gasteiger partial charge in [-0.1, -0.05) is 29.3 Å². The largest absolute Gasteiger partial charge is 0.495 e. The van der Waals surface area contributed by atoms with Crippen LogP contribution < -0.4 is 14.8 Å². The zero-order valence-electron chi connectivity index (χ0n) is 12.8. The normalized spacial score (nSPS) is 10.6. The van der Waals surface area contributed by atoms with Crippen molar-refractivity contribution in [2.45, 2.75) is 26.5 Å². The Hall–Kier alpha value is -1.58. The third kappa shape index (κ3) is 4.46. The van der Waals surface area contributed by atoms with Gasteiger partial charge >= 0.3 is 0 Å². The summed E-state index contributed by atoms with van der Waals surface area (Å²) in [4.78, 5) is 0. The summed E-state index contributed by atoms with van der Waals surface area (Å²) in [6, 6.07) is 11.4. The molecule has 0 saturated heterocycles. The van der Waals surface area contributed by atoms with E-state index in [1.807, 2.05) is 50.2 Å². The van der Waals surface area contributed by atoms with Gasteiger partial charge in [-0.2, -0.15) is 0 Å². The Balaban J connectivity index is 2.02. The predicted octanol–water partition coefficient (Wildman–Crippen LogP) is 5.40. The first kappa shape index (κ1) is 16.8. The van der Waals surface area contributed by atoms with Crippen molar-refractivity contribution in [3.8, 4) is 11.5 Å². The molecule has 2 aromatic rings. The van der Waals surface area contributed by atoms with Crippen LogP contribution in [-0.4, -0.2) is 13.2 Å². The molecule has 0 saturated carbocycles. The minimum Gasteiger partial charge on any atom is -0.495 e. The molecule has 0 aliphatic carbocycles. The van der Waals surface area contributed by atoms with Gasteiger partial charge in [0.15, 0.2) is 0 Å². The van der Waals surface area contributed by atoms with Crippen molar-refractivity contribution in [1.29, 1.82) is 0 Å². The molecule has 0 spiro atoms. The number of nitrogens with one attached hydrogen (secondary N) is 1. The molecule has 118 valence electrons. The van der Waals surface area contributed by atoms with Gasteiger partial charge in [-0.25, -0.2) is 0 Å². The van der Waals surface area contributed by atoms with Gasteiger partial charge < -0.3 is 14.8 Å². The molecule has 0 bridgehead atoms. The van der Waals surface area contributed by atoms with Crippen molar-refractivity contribution in [3.05, 3.63) is 52.0 Å². The Labute approximate surface area is 141 Å². The molecule has 3 nitrogen and oxygen atoms in total. The van der Waals surface area contributed by atoms with Crippen molar-refractivity contribution in [2.24, 2.45) is 0 Å². The van der Waals surface area contributed by atoms with Crippen LogP contribution in [0.2, 0.25) is 10.0 Å². The van der Waals surface area contributed by atoms with E-state index >= 15 is 0 Å². The van der Waals surface area contributed by atoms with Crippen LogP contribution in [-0.2, 0) is 6.54 Å². The first-order chi connectivity index (χ1) is 10.5. The van der Waals surface area contributed by atoms with E-state index in [4.69, 9.17) is 32.7 Å². The van der Waals surface area contributed by atoms with Crippen LogP contribution in [0, 0.1) is 0 Å². The molecule has 0 heterocycles. The summed E-state index contributed by atoms with van der Waals surface area (Å²) in [5.41, 5.74) is 1.98. The fourth-order valence-corrected chi connectivity index (χ4v) is 2.49. The number of rotatable bonds is 6. The van der Waals surface area contributed by atoms with E-state index in [1.54, 1.807) is 7.11 Å². The SMILES string of the molecule is COc1ccc(NCc2ccc(OC(C)C)c(Cl)c2)cc1Cl. The lowest BCUT2D eigenvalue weighted by molar-refractivity contribution is 0.242. The molecular weight excluding hydrogens is 321 g/mol. The molecule has 0 radical (unpaired) electrons. The van der Waals surface area contributed by atoms with Crippen molar-refractivity contribution in [2.75, 3.05) is 12.4 Å². The first-order valence-electron chi connectivity index (χ1n) is 7.02. The second-order valence-corrected chi connectivity index (χ2v) is 5.95. The monoisotopic (exact) mass is 339 g/mol. The van der Waals surface area contributed by atoms with Crippen LogP contribution in [0.25, 0.3) is 0 Å². The average molecular weight is 340 g/mol. The summed E-state index contributed by atoms with van der Waals surface area (Å²) in [5.74, 6) is 1.36. The topological polar surface area (TPSA) is 30.5 Å². The number of hydrogen-bond donors (Lipinski definition) is 1. The third-order valence-corrected chi connectivity index (χ3v) is 3.60. The van der Waals surface area contributed by atoms with Crippen molar-refractivity contribution in [1.82, 2.24) is 0 Å². The van der Waals surface area contributed by atoms with E-state index in [-0.39, 0.29) is 6.10 Å². The third-order valence-electron chi connectivity index (χ3n) is 3.01. The minimum atomic E-state index is 0.0999. The predicted molar refractivity (Wildman–Crippen MR) is 92.5 cm³/mol. The maximum atomic E-state index is 6.23. The van der Waals surface area contributed by atoms with E-state index in [0.29, 0.717) is 28.1 Å². The Morgan fingerprint density at radius 1 is 1.00 bits per heavy atom. The molecular formula is C17H19Cl2NO2. The minimum absolute atomic E-state index is 0.0999. The molecule has 0 amide bonds. The molecule has 0 fully saturated rings. The average Bonchev–Trinajstić information content (AvgIpc) is 2.47. The second kappa shape index (κ2) is 7.61. The van der Waals surface area contributed by atoms with Gasteiger partial charge in [0, 0.05) is 12.2 Å². The molecule has 2 aromatic carbocycles. The highest BCUT2D eigenvalue weighted by Gasteiger charge is 2.06. The maximum absolute atomic E-state index is 6.23. The zero-order valence-corrected chi connectivity index (χ0v) is 14.3. The first-order valence-corrected chi connectivity index (χ1v) is 7.77. The molecule has 22 heavy (non-hydrogen) atoms. The number of ether oxygens (including phenoxy) is 2. The van der Waals surface area contributed by atoms with Gasteiger partial charge in [-0.05, 0) is 49.7 Å². The highest BCUT2D eigenvalue weighted by molar-refractivity contribution is 6.32. The van der Waals surface area contributed by atoms with Crippen LogP contribution >= 0.6 is 23.2 Å². The van der Waals surface area contributed by atoms with E-state index in [2.05, 4.69) is 5.32 Å². The standard InChI is InChI=1S/C17H19Cl2NO2/c1-11(2)22-17-6-4-12(8-14(17)18)10-20-13-5-7-16(21-3)15(19)9-13/h4-9,11,20H,10H2,1-3H3.